The zero-order valence-corrected chi connectivity index (χ0v) is 22.4. The van der Waals surface area contributed by atoms with E-state index in [1.165, 1.54) is 33.5 Å². The third-order valence-electron chi connectivity index (χ3n) is 7.28. The summed E-state index contributed by atoms with van der Waals surface area (Å²) >= 11 is 0. The number of nitrogens with zero attached hydrogens (tertiary/aromatic N) is 2. The molecular formula is C34H36N4. The van der Waals surface area contributed by atoms with Gasteiger partial charge >= 0.3 is 0 Å². The van der Waals surface area contributed by atoms with E-state index in [2.05, 4.69) is 80.6 Å². The van der Waals surface area contributed by atoms with E-state index in [9.17, 15) is 0 Å². The lowest BCUT2D eigenvalue weighted by molar-refractivity contribution is 0.931. The Balaban J connectivity index is 1.32. The Morgan fingerprint density at radius 3 is 2.39 bits per heavy atom. The number of nitrogens with two attached hydrogens (primary N) is 2. The normalized spacial score (nSPS) is 12.9. The summed E-state index contributed by atoms with van der Waals surface area (Å²) in [7, 11) is 0. The summed E-state index contributed by atoms with van der Waals surface area (Å²) in [6.07, 6.45) is 4.72. The molecule has 4 aromatic rings. The van der Waals surface area contributed by atoms with Crippen molar-refractivity contribution in [3.8, 4) is 11.1 Å². The van der Waals surface area contributed by atoms with Crippen LogP contribution in [0.5, 0.6) is 0 Å². The van der Waals surface area contributed by atoms with E-state index in [4.69, 9.17) is 21.5 Å². The number of hydrogen-bond acceptors (Lipinski definition) is 4. The van der Waals surface area contributed by atoms with Crippen LogP contribution in [0.15, 0.2) is 94.9 Å². The van der Waals surface area contributed by atoms with Crippen molar-refractivity contribution in [2.45, 2.75) is 52.5 Å². The molecule has 4 heteroatoms. The zero-order chi connectivity index (χ0) is 26.5. The Morgan fingerprint density at radius 1 is 0.895 bits per heavy atom. The number of benzene rings is 4. The largest absolute Gasteiger partial charge is 0.397 e. The molecule has 1 heterocycles. The second-order valence-electron chi connectivity index (χ2n) is 10.1. The quantitative estimate of drug-likeness (QED) is 0.181. The molecule has 4 nitrogen and oxygen atoms in total. The number of rotatable bonds is 9. The van der Waals surface area contributed by atoms with Crippen molar-refractivity contribution >= 4 is 28.5 Å². The molecule has 1 aliphatic rings. The maximum Gasteiger partial charge on any atom is 0.0887 e. The first kappa shape index (κ1) is 25.6. The average Bonchev–Trinajstić information content (AvgIpc) is 3.38. The van der Waals surface area contributed by atoms with Gasteiger partial charge in [-0.2, -0.15) is 0 Å². The number of anilines is 1. The summed E-state index contributed by atoms with van der Waals surface area (Å²) < 4.78 is 0. The smallest absolute Gasteiger partial charge is 0.0887 e. The second-order valence-corrected chi connectivity index (χ2v) is 10.1. The van der Waals surface area contributed by atoms with Crippen LogP contribution in [-0.2, 0) is 19.4 Å². The van der Waals surface area contributed by atoms with Gasteiger partial charge in [-0.1, -0.05) is 80.1 Å². The molecule has 4 N–H and O–H groups in total. The van der Waals surface area contributed by atoms with E-state index in [1.807, 2.05) is 18.2 Å². The van der Waals surface area contributed by atoms with Crippen molar-refractivity contribution in [1.82, 2.24) is 0 Å². The summed E-state index contributed by atoms with van der Waals surface area (Å²) in [5.41, 5.74) is 25.8. The van der Waals surface area contributed by atoms with Gasteiger partial charge in [-0.25, -0.2) is 0 Å². The number of para-hydroxylation sites is 1. The van der Waals surface area contributed by atoms with E-state index >= 15 is 0 Å². The van der Waals surface area contributed by atoms with E-state index in [0.29, 0.717) is 6.54 Å². The molecule has 192 valence electrons. The molecule has 4 aromatic carbocycles. The molecule has 0 aromatic heterocycles. The van der Waals surface area contributed by atoms with Gasteiger partial charge in [0.2, 0.25) is 0 Å². The van der Waals surface area contributed by atoms with Crippen LogP contribution < -0.4 is 11.5 Å². The highest BCUT2D eigenvalue weighted by Crippen LogP contribution is 2.33. The van der Waals surface area contributed by atoms with Gasteiger partial charge in [-0.15, -0.1) is 0 Å². The SMILES string of the molecule is CCCC(CCc1ccc(-c2ccccc2CN)cc1)=Nc1c(C)cc(C2=Nc3ccccc3C2)cc1N. The fraction of sp³-hybridized carbons (Fsp3) is 0.235. The molecular weight excluding hydrogens is 464 g/mol. The third-order valence-corrected chi connectivity index (χ3v) is 7.28. The maximum absolute atomic E-state index is 6.57. The molecule has 0 spiro atoms. The molecule has 0 saturated carbocycles. The average molecular weight is 501 g/mol. The first-order valence-corrected chi connectivity index (χ1v) is 13.6. The Kier molecular flexibility index (Phi) is 7.81. The van der Waals surface area contributed by atoms with Gasteiger partial charge in [-0.3, -0.25) is 9.98 Å². The monoisotopic (exact) mass is 500 g/mol. The predicted octanol–water partition coefficient (Wildman–Crippen LogP) is 7.89. The molecule has 1 aliphatic heterocycles. The first-order chi connectivity index (χ1) is 18.6. The molecule has 0 unspecified atom stereocenters. The molecule has 0 aliphatic carbocycles. The molecule has 0 atom stereocenters. The van der Waals surface area contributed by atoms with Crippen LogP contribution in [0.1, 0.15) is 54.0 Å². The molecule has 0 bridgehead atoms. The number of aryl methyl sites for hydroxylation is 2. The lowest BCUT2D eigenvalue weighted by Crippen LogP contribution is -2.04. The van der Waals surface area contributed by atoms with Crippen LogP contribution in [0, 0.1) is 6.92 Å². The summed E-state index contributed by atoms with van der Waals surface area (Å²) in [6, 6.07) is 29.7. The molecule has 0 amide bonds. The molecule has 0 radical (unpaired) electrons. The first-order valence-electron chi connectivity index (χ1n) is 13.6. The standard InChI is InChI=1S/C34H36N4/c1-3-8-29(18-15-24-13-16-25(17-14-24)30-11-6-4-10-27(30)22-35)37-34-23(2)19-28(20-31(34)36)33-21-26-9-5-7-12-32(26)38-33/h4-7,9-14,16-17,19-20H,3,8,15,18,21-22,35-36H2,1-2H3. The van der Waals surface area contributed by atoms with Gasteiger partial charge in [0, 0.05) is 18.7 Å². The summed E-state index contributed by atoms with van der Waals surface area (Å²) in [6.45, 7) is 4.84. The summed E-state index contributed by atoms with van der Waals surface area (Å²) in [5.74, 6) is 0. The third kappa shape index (κ3) is 5.61. The van der Waals surface area contributed by atoms with Gasteiger partial charge in [0.1, 0.15) is 0 Å². The van der Waals surface area contributed by atoms with Gasteiger partial charge in [0.05, 0.1) is 22.8 Å². The van der Waals surface area contributed by atoms with Crippen LogP contribution in [0.4, 0.5) is 17.1 Å². The van der Waals surface area contributed by atoms with Crippen LogP contribution in [-0.4, -0.2) is 11.4 Å². The van der Waals surface area contributed by atoms with E-state index in [0.717, 1.165) is 66.0 Å². The molecule has 38 heavy (non-hydrogen) atoms. The van der Waals surface area contributed by atoms with Crippen molar-refractivity contribution in [2.75, 3.05) is 5.73 Å². The van der Waals surface area contributed by atoms with Crippen LogP contribution in [0.2, 0.25) is 0 Å². The Bertz CT molecular complexity index is 1470. The van der Waals surface area contributed by atoms with Crippen molar-refractivity contribution < 1.29 is 0 Å². The Hall–Kier alpha value is -4.02. The Morgan fingerprint density at radius 2 is 1.66 bits per heavy atom. The van der Waals surface area contributed by atoms with E-state index in [1.54, 1.807) is 0 Å². The number of aliphatic imine (C=N–C) groups is 2. The zero-order valence-electron chi connectivity index (χ0n) is 22.4. The van der Waals surface area contributed by atoms with Crippen molar-refractivity contribution in [1.29, 1.82) is 0 Å². The molecule has 5 rings (SSSR count). The Labute approximate surface area is 226 Å². The fourth-order valence-electron chi connectivity index (χ4n) is 5.23. The highest BCUT2D eigenvalue weighted by Gasteiger charge is 2.17. The van der Waals surface area contributed by atoms with Crippen molar-refractivity contribution in [2.24, 2.45) is 15.7 Å². The van der Waals surface area contributed by atoms with Crippen molar-refractivity contribution in [3.63, 3.8) is 0 Å². The van der Waals surface area contributed by atoms with E-state index in [-0.39, 0.29) is 0 Å². The van der Waals surface area contributed by atoms with Gasteiger partial charge < -0.3 is 11.5 Å². The fourth-order valence-corrected chi connectivity index (χ4v) is 5.23. The summed E-state index contributed by atoms with van der Waals surface area (Å²) in [4.78, 5) is 9.94. The van der Waals surface area contributed by atoms with Gasteiger partial charge in [-0.05, 0) is 83.3 Å². The van der Waals surface area contributed by atoms with Gasteiger partial charge in [0.15, 0.2) is 0 Å². The lowest BCUT2D eigenvalue weighted by atomic mass is 9.97. The molecule has 0 saturated heterocycles. The predicted molar refractivity (Wildman–Crippen MR) is 162 cm³/mol. The van der Waals surface area contributed by atoms with E-state index < -0.39 is 0 Å². The summed E-state index contributed by atoms with van der Waals surface area (Å²) in [5, 5.41) is 0. The maximum atomic E-state index is 6.57. The minimum Gasteiger partial charge on any atom is -0.397 e. The minimum atomic E-state index is 0.542. The van der Waals surface area contributed by atoms with Crippen molar-refractivity contribution in [3.05, 3.63) is 113 Å². The van der Waals surface area contributed by atoms with Crippen LogP contribution >= 0.6 is 0 Å². The minimum absolute atomic E-state index is 0.542. The lowest BCUT2D eigenvalue weighted by Gasteiger charge is -2.12. The highest BCUT2D eigenvalue weighted by molar-refractivity contribution is 6.07. The second kappa shape index (κ2) is 11.6. The van der Waals surface area contributed by atoms with Gasteiger partial charge in [0.25, 0.3) is 0 Å². The van der Waals surface area contributed by atoms with Crippen LogP contribution in [0.3, 0.4) is 0 Å². The van der Waals surface area contributed by atoms with Crippen LogP contribution in [0.25, 0.3) is 11.1 Å². The number of hydrogen-bond donors (Lipinski definition) is 2. The highest BCUT2D eigenvalue weighted by atomic mass is 14.8. The number of fused-ring (bicyclic) bond motifs is 1. The number of nitrogen functional groups attached to an aromatic ring is 1. The molecule has 0 fully saturated rings. The topological polar surface area (TPSA) is 76.8 Å².